The van der Waals surface area contributed by atoms with E-state index in [9.17, 15) is 9.18 Å². The number of benzene rings is 1. The van der Waals surface area contributed by atoms with Crippen molar-refractivity contribution in [1.82, 2.24) is 0 Å². The molecule has 0 saturated carbocycles. The van der Waals surface area contributed by atoms with Crippen molar-refractivity contribution in [2.75, 3.05) is 0 Å². The first-order chi connectivity index (χ1) is 5.24. The van der Waals surface area contributed by atoms with Gasteiger partial charge in [0.2, 0.25) is 6.29 Å². The molecule has 0 N–H and O–H groups in total. The van der Waals surface area contributed by atoms with E-state index in [4.69, 9.17) is 0 Å². The first-order valence-corrected chi connectivity index (χ1v) is 3.57. The predicted molar refractivity (Wildman–Crippen MR) is 43.8 cm³/mol. The Kier molecular flexibility index (Phi) is 2.65. The fourth-order valence-electron chi connectivity index (χ4n) is 0.713. The molecular formula is C8H6FOS. The Labute approximate surface area is 69.6 Å². The lowest BCUT2D eigenvalue weighted by atomic mass is 10.2. The summed E-state index contributed by atoms with van der Waals surface area (Å²) in [5.41, 5.74) is 0.657. The maximum Gasteiger partial charge on any atom is 0.216 e. The minimum Gasteiger partial charge on any atom is -0.289 e. The van der Waals surface area contributed by atoms with Gasteiger partial charge in [0.05, 0.1) is 5.25 Å². The lowest BCUT2D eigenvalue weighted by Gasteiger charge is -2.00. The molecule has 0 amide bonds. The van der Waals surface area contributed by atoms with Gasteiger partial charge in [0.1, 0.15) is 5.82 Å². The van der Waals surface area contributed by atoms with Crippen molar-refractivity contribution < 1.29 is 9.18 Å². The highest BCUT2D eigenvalue weighted by molar-refractivity contribution is 7.81. The van der Waals surface area contributed by atoms with E-state index in [2.05, 4.69) is 12.6 Å². The van der Waals surface area contributed by atoms with E-state index in [0.717, 1.165) is 0 Å². The van der Waals surface area contributed by atoms with Gasteiger partial charge in [-0.05, 0) is 17.7 Å². The highest BCUT2D eigenvalue weighted by atomic mass is 32.1. The Morgan fingerprint density at radius 3 is 2.36 bits per heavy atom. The van der Waals surface area contributed by atoms with Crippen LogP contribution in [0.4, 0.5) is 4.39 Å². The smallest absolute Gasteiger partial charge is 0.216 e. The maximum atomic E-state index is 12.3. The Morgan fingerprint density at radius 1 is 1.36 bits per heavy atom. The molecule has 1 rings (SSSR count). The van der Waals surface area contributed by atoms with Gasteiger partial charge in [-0.15, -0.1) is 0 Å². The van der Waals surface area contributed by atoms with Crippen molar-refractivity contribution in [3.05, 3.63) is 35.6 Å². The van der Waals surface area contributed by atoms with Crippen LogP contribution in [0.2, 0.25) is 0 Å². The van der Waals surface area contributed by atoms with Crippen LogP contribution in [0, 0.1) is 5.82 Å². The van der Waals surface area contributed by atoms with E-state index in [1.54, 1.807) is 6.29 Å². The van der Waals surface area contributed by atoms with Gasteiger partial charge in [0, 0.05) is 0 Å². The van der Waals surface area contributed by atoms with Crippen molar-refractivity contribution in [3.63, 3.8) is 0 Å². The molecule has 0 aliphatic carbocycles. The average Bonchev–Trinajstić information content (AvgIpc) is 2.05. The highest BCUT2D eigenvalue weighted by Crippen LogP contribution is 2.16. The highest BCUT2D eigenvalue weighted by Gasteiger charge is 2.04. The Hall–Kier alpha value is -0.830. The molecule has 1 radical (unpaired) electrons. The van der Waals surface area contributed by atoms with Gasteiger partial charge >= 0.3 is 0 Å². The van der Waals surface area contributed by atoms with E-state index in [-0.39, 0.29) is 5.82 Å². The van der Waals surface area contributed by atoms with Gasteiger partial charge < -0.3 is 0 Å². The molecule has 0 saturated heterocycles. The second-order valence-electron chi connectivity index (χ2n) is 2.07. The van der Waals surface area contributed by atoms with E-state index in [1.807, 2.05) is 0 Å². The normalized spacial score (nSPS) is 12.5. The third-order valence-corrected chi connectivity index (χ3v) is 1.70. The topological polar surface area (TPSA) is 17.1 Å². The van der Waals surface area contributed by atoms with Crippen molar-refractivity contribution in [2.24, 2.45) is 0 Å². The monoisotopic (exact) mass is 169 g/mol. The quantitative estimate of drug-likeness (QED) is 0.669. The van der Waals surface area contributed by atoms with Gasteiger partial charge in [-0.2, -0.15) is 12.6 Å². The Morgan fingerprint density at radius 2 is 1.91 bits per heavy atom. The van der Waals surface area contributed by atoms with Crippen LogP contribution in [0.3, 0.4) is 0 Å². The van der Waals surface area contributed by atoms with Gasteiger partial charge in [0.25, 0.3) is 0 Å². The van der Waals surface area contributed by atoms with Gasteiger partial charge in [-0.25, -0.2) is 4.39 Å². The minimum atomic E-state index is -0.574. The summed E-state index contributed by atoms with van der Waals surface area (Å²) in [6.45, 7) is 0. The lowest BCUT2D eigenvalue weighted by molar-refractivity contribution is 0.554. The number of hydrogen-bond acceptors (Lipinski definition) is 2. The summed E-state index contributed by atoms with van der Waals surface area (Å²) < 4.78 is 12.3. The van der Waals surface area contributed by atoms with Crippen LogP contribution in [0.25, 0.3) is 0 Å². The summed E-state index contributed by atoms with van der Waals surface area (Å²) >= 11 is 3.91. The fourth-order valence-corrected chi connectivity index (χ4v) is 0.885. The zero-order valence-electron chi connectivity index (χ0n) is 5.62. The molecule has 0 heterocycles. The van der Waals surface area contributed by atoms with Crippen molar-refractivity contribution in [2.45, 2.75) is 5.25 Å². The van der Waals surface area contributed by atoms with Crippen LogP contribution in [0.1, 0.15) is 10.8 Å². The van der Waals surface area contributed by atoms with E-state index >= 15 is 0 Å². The van der Waals surface area contributed by atoms with E-state index < -0.39 is 5.25 Å². The summed E-state index contributed by atoms with van der Waals surface area (Å²) in [6.07, 6.45) is 1.69. The van der Waals surface area contributed by atoms with Crippen molar-refractivity contribution in [3.8, 4) is 0 Å². The molecule has 0 fully saturated rings. The SMILES string of the molecule is O=[C]C(S)c1ccc(F)cc1. The number of rotatable bonds is 2. The Bertz CT molecular complexity index is 245. The zero-order valence-corrected chi connectivity index (χ0v) is 6.51. The number of halogens is 1. The molecule has 11 heavy (non-hydrogen) atoms. The summed E-state index contributed by atoms with van der Waals surface area (Å²) in [4.78, 5) is 10.1. The van der Waals surface area contributed by atoms with Crippen LogP contribution in [-0.2, 0) is 4.79 Å². The first kappa shape index (κ1) is 8.27. The summed E-state index contributed by atoms with van der Waals surface area (Å²) in [5, 5.41) is -0.574. The van der Waals surface area contributed by atoms with Crippen LogP contribution < -0.4 is 0 Å². The van der Waals surface area contributed by atoms with Crippen LogP contribution >= 0.6 is 12.6 Å². The van der Waals surface area contributed by atoms with Crippen LogP contribution in [-0.4, -0.2) is 6.29 Å². The molecule has 3 heteroatoms. The summed E-state index contributed by atoms with van der Waals surface area (Å²) in [6, 6.07) is 5.60. The second-order valence-corrected chi connectivity index (χ2v) is 2.59. The molecule has 1 aromatic carbocycles. The fraction of sp³-hybridized carbons (Fsp3) is 0.125. The van der Waals surface area contributed by atoms with Crippen molar-refractivity contribution >= 4 is 18.9 Å². The van der Waals surface area contributed by atoms with Crippen molar-refractivity contribution in [1.29, 1.82) is 0 Å². The number of hydrogen-bond donors (Lipinski definition) is 1. The standard InChI is InChI=1S/C8H6FOS/c9-7-3-1-6(2-4-7)8(11)5-10/h1-4,8,11H. The third kappa shape index (κ3) is 2.05. The van der Waals surface area contributed by atoms with Gasteiger partial charge in [0.15, 0.2) is 0 Å². The zero-order chi connectivity index (χ0) is 8.27. The van der Waals surface area contributed by atoms with Crippen LogP contribution in [0.5, 0.6) is 0 Å². The van der Waals surface area contributed by atoms with Gasteiger partial charge in [-0.1, -0.05) is 12.1 Å². The number of thiol groups is 1. The summed E-state index contributed by atoms with van der Waals surface area (Å²) in [7, 11) is 0. The molecule has 0 bridgehead atoms. The van der Waals surface area contributed by atoms with Gasteiger partial charge in [-0.3, -0.25) is 4.79 Å². The molecule has 1 aromatic rings. The molecule has 0 aliphatic rings. The molecule has 1 nitrogen and oxygen atoms in total. The molecule has 0 aliphatic heterocycles. The largest absolute Gasteiger partial charge is 0.289 e. The van der Waals surface area contributed by atoms with Crippen LogP contribution in [0.15, 0.2) is 24.3 Å². The van der Waals surface area contributed by atoms with E-state index in [1.165, 1.54) is 24.3 Å². The lowest BCUT2D eigenvalue weighted by Crippen LogP contribution is -1.90. The first-order valence-electron chi connectivity index (χ1n) is 3.05. The predicted octanol–water partition coefficient (Wildman–Crippen LogP) is 1.91. The molecule has 1 atom stereocenters. The molecule has 57 valence electrons. The third-order valence-electron chi connectivity index (χ3n) is 1.30. The number of carbonyl (C=O) groups excluding carboxylic acids is 1. The maximum absolute atomic E-state index is 12.3. The summed E-state index contributed by atoms with van der Waals surface area (Å²) in [5.74, 6) is -0.319. The molecule has 1 unspecified atom stereocenters. The minimum absolute atomic E-state index is 0.319. The second kappa shape index (κ2) is 3.53. The average molecular weight is 169 g/mol. The molecule has 0 aromatic heterocycles. The van der Waals surface area contributed by atoms with E-state index in [0.29, 0.717) is 5.56 Å². The Balaban J connectivity index is 2.89. The molecule has 0 spiro atoms. The molecular weight excluding hydrogens is 163 g/mol.